The van der Waals surface area contributed by atoms with Crippen LogP contribution in [0.25, 0.3) is 0 Å². The van der Waals surface area contributed by atoms with Gasteiger partial charge in [0.2, 0.25) is 0 Å². The third kappa shape index (κ3) is 4.12. The third-order valence-electron chi connectivity index (χ3n) is 2.59. The summed E-state index contributed by atoms with van der Waals surface area (Å²) in [6.45, 7) is 3.08. The van der Waals surface area contributed by atoms with Crippen LogP contribution < -0.4 is 5.32 Å². The van der Waals surface area contributed by atoms with Gasteiger partial charge in [0.15, 0.2) is 0 Å². The molecule has 2 aromatic rings. The average molecular weight is 281 g/mol. The summed E-state index contributed by atoms with van der Waals surface area (Å²) in [6, 6.07) is 11.3. The van der Waals surface area contributed by atoms with E-state index in [1.165, 1.54) is 10.9 Å². The number of halogens is 1. The van der Waals surface area contributed by atoms with Crippen LogP contribution in [-0.2, 0) is 0 Å². The zero-order valence-corrected chi connectivity index (χ0v) is 11.9. The summed E-state index contributed by atoms with van der Waals surface area (Å²) >= 11 is 3.44. The fourth-order valence-electron chi connectivity index (χ4n) is 1.64. The summed E-state index contributed by atoms with van der Waals surface area (Å²) in [4.78, 5) is 2.34. The van der Waals surface area contributed by atoms with Crippen molar-refractivity contribution >= 4 is 23.1 Å². The van der Waals surface area contributed by atoms with Crippen molar-refractivity contribution < 1.29 is 4.39 Å². The van der Waals surface area contributed by atoms with E-state index in [9.17, 15) is 4.39 Å². The summed E-state index contributed by atoms with van der Waals surface area (Å²) in [6.07, 6.45) is 0. The molecule has 96 valence electrons. The van der Waals surface area contributed by atoms with Crippen molar-refractivity contribution in [2.75, 3.05) is 12.3 Å². The highest BCUT2D eigenvalue weighted by molar-refractivity contribution is 7.99. The highest BCUT2D eigenvalue weighted by Crippen LogP contribution is 2.20. The molecular formula is C14H16FNS2. The van der Waals surface area contributed by atoms with Crippen molar-refractivity contribution in [2.45, 2.75) is 17.9 Å². The standard InChI is InChI=1S/C14H16FNS2/c1-11(14-6-3-8-18-14)16-7-9-17-13-5-2-4-12(15)10-13/h2-6,8,10-11,16H,7,9H2,1H3. The van der Waals surface area contributed by atoms with Crippen LogP contribution in [0.3, 0.4) is 0 Å². The average Bonchev–Trinajstić information content (AvgIpc) is 2.88. The minimum absolute atomic E-state index is 0.167. The number of hydrogen-bond acceptors (Lipinski definition) is 3. The van der Waals surface area contributed by atoms with Gasteiger partial charge in [-0.2, -0.15) is 0 Å². The second-order valence-electron chi connectivity index (χ2n) is 4.00. The largest absolute Gasteiger partial charge is 0.309 e. The fourth-order valence-corrected chi connectivity index (χ4v) is 3.22. The minimum atomic E-state index is -0.167. The van der Waals surface area contributed by atoms with Gasteiger partial charge in [-0.25, -0.2) is 4.39 Å². The zero-order chi connectivity index (χ0) is 12.8. The third-order valence-corrected chi connectivity index (χ3v) is 4.64. The van der Waals surface area contributed by atoms with E-state index < -0.39 is 0 Å². The molecular weight excluding hydrogens is 265 g/mol. The second kappa shape index (κ2) is 6.92. The van der Waals surface area contributed by atoms with Crippen molar-refractivity contribution in [3.63, 3.8) is 0 Å². The van der Waals surface area contributed by atoms with Crippen LogP contribution in [0.15, 0.2) is 46.7 Å². The molecule has 0 aliphatic rings. The molecule has 18 heavy (non-hydrogen) atoms. The van der Waals surface area contributed by atoms with Gasteiger partial charge in [-0.15, -0.1) is 23.1 Å². The normalized spacial score (nSPS) is 12.6. The first-order valence-electron chi connectivity index (χ1n) is 5.91. The van der Waals surface area contributed by atoms with E-state index in [1.54, 1.807) is 35.2 Å². The summed E-state index contributed by atoms with van der Waals surface area (Å²) in [5.41, 5.74) is 0. The molecule has 1 atom stereocenters. The van der Waals surface area contributed by atoms with Gasteiger partial charge in [0.1, 0.15) is 5.82 Å². The quantitative estimate of drug-likeness (QED) is 0.625. The van der Waals surface area contributed by atoms with Gasteiger partial charge < -0.3 is 5.32 Å². The molecule has 2 rings (SSSR count). The van der Waals surface area contributed by atoms with Crippen LogP contribution in [-0.4, -0.2) is 12.3 Å². The number of nitrogens with one attached hydrogen (secondary N) is 1. The number of thioether (sulfide) groups is 1. The van der Waals surface area contributed by atoms with Gasteiger partial charge in [-0.3, -0.25) is 0 Å². The Bertz CT molecular complexity index is 470. The number of hydrogen-bond donors (Lipinski definition) is 1. The molecule has 0 aliphatic heterocycles. The summed E-state index contributed by atoms with van der Waals surface area (Å²) in [5.74, 6) is 0.777. The summed E-state index contributed by atoms with van der Waals surface area (Å²) in [7, 11) is 0. The van der Waals surface area contributed by atoms with E-state index in [2.05, 4.69) is 29.8 Å². The maximum absolute atomic E-state index is 13.0. The highest BCUT2D eigenvalue weighted by Gasteiger charge is 2.04. The van der Waals surface area contributed by atoms with Crippen LogP contribution in [0.4, 0.5) is 4.39 Å². The predicted octanol–water partition coefficient (Wildman–Crippen LogP) is 4.33. The first-order chi connectivity index (χ1) is 8.75. The molecule has 1 aromatic carbocycles. The lowest BCUT2D eigenvalue weighted by Crippen LogP contribution is -2.20. The molecule has 0 radical (unpaired) electrons. The first-order valence-corrected chi connectivity index (χ1v) is 7.77. The lowest BCUT2D eigenvalue weighted by atomic mass is 10.3. The monoisotopic (exact) mass is 281 g/mol. The van der Waals surface area contributed by atoms with Gasteiger partial charge in [0.25, 0.3) is 0 Å². The topological polar surface area (TPSA) is 12.0 Å². The molecule has 0 amide bonds. The predicted molar refractivity (Wildman–Crippen MR) is 77.9 cm³/mol. The smallest absolute Gasteiger partial charge is 0.124 e. The van der Waals surface area contributed by atoms with Gasteiger partial charge in [0, 0.05) is 28.1 Å². The van der Waals surface area contributed by atoms with Gasteiger partial charge in [-0.1, -0.05) is 12.1 Å². The molecule has 0 saturated heterocycles. The van der Waals surface area contributed by atoms with E-state index in [4.69, 9.17) is 0 Å². The fraction of sp³-hybridized carbons (Fsp3) is 0.286. The van der Waals surface area contributed by atoms with Gasteiger partial charge in [-0.05, 0) is 36.6 Å². The van der Waals surface area contributed by atoms with Crippen molar-refractivity contribution in [3.05, 3.63) is 52.5 Å². The van der Waals surface area contributed by atoms with Crippen LogP contribution in [0, 0.1) is 5.82 Å². The van der Waals surface area contributed by atoms with Crippen LogP contribution in [0.5, 0.6) is 0 Å². The van der Waals surface area contributed by atoms with Crippen molar-refractivity contribution in [3.8, 4) is 0 Å². The maximum atomic E-state index is 13.0. The Balaban J connectivity index is 1.70. The summed E-state index contributed by atoms with van der Waals surface area (Å²) in [5, 5.41) is 5.56. The van der Waals surface area contributed by atoms with Crippen LogP contribution >= 0.6 is 23.1 Å². The molecule has 1 nitrogen and oxygen atoms in total. The van der Waals surface area contributed by atoms with Crippen molar-refractivity contribution in [1.82, 2.24) is 5.32 Å². The van der Waals surface area contributed by atoms with E-state index in [1.807, 2.05) is 6.07 Å². The Morgan fingerprint density at radius 1 is 1.33 bits per heavy atom. The zero-order valence-electron chi connectivity index (χ0n) is 10.2. The van der Waals surface area contributed by atoms with E-state index in [-0.39, 0.29) is 5.82 Å². The number of rotatable bonds is 6. The van der Waals surface area contributed by atoms with Crippen molar-refractivity contribution in [1.29, 1.82) is 0 Å². The molecule has 4 heteroatoms. The molecule has 1 unspecified atom stereocenters. The molecule has 0 bridgehead atoms. The summed E-state index contributed by atoms with van der Waals surface area (Å²) < 4.78 is 13.0. The Hall–Kier alpha value is -0.840. The van der Waals surface area contributed by atoms with E-state index in [0.717, 1.165) is 17.2 Å². The SMILES string of the molecule is CC(NCCSc1cccc(F)c1)c1cccs1. The molecule has 1 N–H and O–H groups in total. The Morgan fingerprint density at radius 2 is 2.22 bits per heavy atom. The van der Waals surface area contributed by atoms with E-state index in [0.29, 0.717) is 6.04 Å². The second-order valence-corrected chi connectivity index (χ2v) is 6.14. The molecule has 0 aliphatic carbocycles. The van der Waals surface area contributed by atoms with Crippen LogP contribution in [0.2, 0.25) is 0 Å². The Kier molecular flexibility index (Phi) is 5.23. The lowest BCUT2D eigenvalue weighted by molar-refractivity contribution is 0.610. The molecule has 1 aromatic heterocycles. The highest BCUT2D eigenvalue weighted by atomic mass is 32.2. The molecule has 1 heterocycles. The lowest BCUT2D eigenvalue weighted by Gasteiger charge is -2.11. The van der Waals surface area contributed by atoms with Gasteiger partial charge in [0.05, 0.1) is 0 Å². The number of benzene rings is 1. The minimum Gasteiger partial charge on any atom is -0.309 e. The maximum Gasteiger partial charge on any atom is 0.124 e. The molecule has 0 saturated carbocycles. The van der Waals surface area contributed by atoms with Crippen molar-refractivity contribution in [2.24, 2.45) is 0 Å². The first kappa shape index (κ1) is 13.6. The van der Waals surface area contributed by atoms with Crippen LogP contribution in [0.1, 0.15) is 17.8 Å². The Labute approximate surface area is 115 Å². The molecule has 0 fully saturated rings. The van der Waals surface area contributed by atoms with Gasteiger partial charge >= 0.3 is 0 Å². The van der Waals surface area contributed by atoms with E-state index >= 15 is 0 Å². The molecule has 0 spiro atoms. The number of thiophene rings is 1. The Morgan fingerprint density at radius 3 is 2.94 bits per heavy atom.